The molecule has 0 aliphatic carbocycles. The largest absolute Gasteiger partial charge is 0.447 e. The van der Waals surface area contributed by atoms with Gasteiger partial charge in [0.05, 0.1) is 6.54 Å². The lowest BCUT2D eigenvalue weighted by Crippen LogP contribution is -2.52. The van der Waals surface area contributed by atoms with Gasteiger partial charge in [0.1, 0.15) is 5.76 Å². The maximum atomic E-state index is 12.6. The van der Waals surface area contributed by atoms with Crippen LogP contribution in [-0.4, -0.2) is 56.4 Å². The second kappa shape index (κ2) is 6.48. The SMILES string of the molecule is CC(C)NCc1ccc(S(=O)(=O)N2CCN(C)CC2C)o1. The summed E-state index contributed by atoms with van der Waals surface area (Å²) in [5.41, 5.74) is 0. The summed E-state index contributed by atoms with van der Waals surface area (Å²) in [5.74, 6) is 0.643. The summed E-state index contributed by atoms with van der Waals surface area (Å²) in [6.45, 7) is 8.51. The van der Waals surface area contributed by atoms with Gasteiger partial charge in [-0.2, -0.15) is 4.31 Å². The van der Waals surface area contributed by atoms with Crippen molar-refractivity contribution in [2.45, 2.75) is 44.5 Å². The molecule has 1 aromatic heterocycles. The lowest BCUT2D eigenvalue weighted by Gasteiger charge is -2.36. The number of hydrogen-bond acceptors (Lipinski definition) is 5. The van der Waals surface area contributed by atoms with Crippen LogP contribution >= 0.6 is 0 Å². The van der Waals surface area contributed by atoms with Crippen molar-refractivity contribution in [2.75, 3.05) is 26.7 Å². The first-order valence-electron chi connectivity index (χ1n) is 7.33. The van der Waals surface area contributed by atoms with Crippen molar-refractivity contribution < 1.29 is 12.8 Å². The molecule has 120 valence electrons. The predicted molar refractivity (Wildman–Crippen MR) is 81.5 cm³/mol. The fourth-order valence-electron chi connectivity index (χ4n) is 2.49. The average molecular weight is 315 g/mol. The fraction of sp³-hybridized carbons (Fsp3) is 0.714. The molecule has 0 amide bonds. The van der Waals surface area contributed by atoms with Gasteiger partial charge >= 0.3 is 0 Å². The monoisotopic (exact) mass is 315 g/mol. The number of sulfonamides is 1. The van der Waals surface area contributed by atoms with E-state index in [0.29, 0.717) is 24.9 Å². The molecule has 7 heteroatoms. The Kier molecular flexibility index (Phi) is 5.08. The van der Waals surface area contributed by atoms with E-state index < -0.39 is 10.0 Å². The first-order valence-corrected chi connectivity index (χ1v) is 8.77. The highest BCUT2D eigenvalue weighted by Gasteiger charge is 2.34. The zero-order valence-electron chi connectivity index (χ0n) is 13.2. The third kappa shape index (κ3) is 3.85. The molecule has 0 bridgehead atoms. The molecule has 1 saturated heterocycles. The van der Waals surface area contributed by atoms with Crippen molar-refractivity contribution >= 4 is 10.0 Å². The van der Waals surface area contributed by atoms with Crippen LogP contribution in [-0.2, 0) is 16.6 Å². The Labute approximate surface area is 127 Å². The molecule has 1 fully saturated rings. The second-order valence-corrected chi connectivity index (χ2v) is 7.80. The Balaban J connectivity index is 2.12. The summed E-state index contributed by atoms with van der Waals surface area (Å²) in [4.78, 5) is 2.14. The van der Waals surface area contributed by atoms with Gasteiger partial charge in [-0.3, -0.25) is 0 Å². The molecule has 6 nitrogen and oxygen atoms in total. The molecule has 2 heterocycles. The summed E-state index contributed by atoms with van der Waals surface area (Å²) in [6, 6.07) is 3.56. The number of rotatable bonds is 5. The van der Waals surface area contributed by atoms with Gasteiger partial charge in [-0.05, 0) is 26.1 Å². The van der Waals surface area contributed by atoms with E-state index in [1.165, 1.54) is 4.31 Å². The highest BCUT2D eigenvalue weighted by atomic mass is 32.2. The van der Waals surface area contributed by atoms with E-state index in [0.717, 1.165) is 13.1 Å². The van der Waals surface area contributed by atoms with Crippen molar-refractivity contribution in [1.29, 1.82) is 0 Å². The molecule has 1 aliphatic rings. The average Bonchev–Trinajstić information content (AvgIpc) is 2.85. The smallest absolute Gasteiger partial charge is 0.276 e. The van der Waals surface area contributed by atoms with E-state index in [2.05, 4.69) is 10.2 Å². The third-order valence-corrected chi connectivity index (χ3v) is 5.54. The molecule has 1 aromatic rings. The molecule has 0 saturated carbocycles. The lowest BCUT2D eigenvalue weighted by molar-refractivity contribution is 0.168. The zero-order chi connectivity index (χ0) is 15.6. The normalized spacial score (nSPS) is 22.0. The van der Waals surface area contributed by atoms with E-state index in [-0.39, 0.29) is 11.1 Å². The number of nitrogens with zero attached hydrogens (tertiary/aromatic N) is 2. The Morgan fingerprint density at radius 2 is 2.10 bits per heavy atom. The van der Waals surface area contributed by atoms with Gasteiger partial charge in [0.15, 0.2) is 0 Å². The first-order chi connectivity index (χ1) is 9.80. The predicted octanol–water partition coefficient (Wildman–Crippen LogP) is 1.10. The third-order valence-electron chi connectivity index (χ3n) is 3.65. The summed E-state index contributed by atoms with van der Waals surface area (Å²) < 4.78 is 32.4. The van der Waals surface area contributed by atoms with Gasteiger partial charge in [0.25, 0.3) is 10.0 Å². The van der Waals surface area contributed by atoms with Gasteiger partial charge < -0.3 is 14.6 Å². The van der Waals surface area contributed by atoms with Crippen LogP contribution in [0.1, 0.15) is 26.5 Å². The van der Waals surface area contributed by atoms with E-state index in [9.17, 15) is 8.42 Å². The van der Waals surface area contributed by atoms with Gasteiger partial charge in [-0.25, -0.2) is 8.42 Å². The molecular formula is C14H25N3O3S. The molecular weight excluding hydrogens is 290 g/mol. The number of furan rings is 1. The van der Waals surface area contributed by atoms with Crippen LogP contribution in [0.25, 0.3) is 0 Å². The van der Waals surface area contributed by atoms with Crippen LogP contribution in [0.15, 0.2) is 21.6 Å². The quantitative estimate of drug-likeness (QED) is 0.881. The number of likely N-dealkylation sites (N-methyl/N-ethyl adjacent to an activating group) is 1. The fourth-order valence-corrected chi connectivity index (χ4v) is 4.04. The van der Waals surface area contributed by atoms with Crippen molar-refractivity contribution in [2.24, 2.45) is 0 Å². The minimum absolute atomic E-state index is 0.0412. The van der Waals surface area contributed by atoms with E-state index in [4.69, 9.17) is 4.42 Å². The molecule has 1 atom stereocenters. The molecule has 0 spiro atoms. The van der Waals surface area contributed by atoms with Crippen LogP contribution in [0.4, 0.5) is 0 Å². The standard InChI is InChI=1S/C14H25N3O3S/c1-11(2)15-9-13-5-6-14(20-13)21(18,19)17-8-7-16(4)10-12(17)3/h5-6,11-12,15H,7-10H2,1-4H3. The summed E-state index contributed by atoms with van der Waals surface area (Å²) >= 11 is 0. The Hall–Kier alpha value is -0.890. The second-order valence-electron chi connectivity index (χ2n) is 5.98. The molecule has 1 unspecified atom stereocenters. The lowest BCUT2D eigenvalue weighted by atomic mass is 10.2. The Morgan fingerprint density at radius 3 is 2.71 bits per heavy atom. The van der Waals surface area contributed by atoms with E-state index in [1.54, 1.807) is 12.1 Å². The van der Waals surface area contributed by atoms with Crippen LogP contribution in [0.3, 0.4) is 0 Å². The van der Waals surface area contributed by atoms with Crippen LogP contribution in [0.5, 0.6) is 0 Å². The van der Waals surface area contributed by atoms with Crippen molar-refractivity contribution in [3.63, 3.8) is 0 Å². The van der Waals surface area contributed by atoms with Crippen LogP contribution < -0.4 is 5.32 Å². The van der Waals surface area contributed by atoms with Gasteiger partial charge in [0, 0.05) is 31.7 Å². The van der Waals surface area contributed by atoms with Gasteiger partial charge in [-0.15, -0.1) is 0 Å². The van der Waals surface area contributed by atoms with E-state index >= 15 is 0 Å². The maximum absolute atomic E-state index is 12.6. The van der Waals surface area contributed by atoms with Crippen LogP contribution in [0.2, 0.25) is 0 Å². The topological polar surface area (TPSA) is 65.8 Å². The molecule has 0 aromatic carbocycles. The molecule has 1 aliphatic heterocycles. The van der Waals surface area contributed by atoms with Crippen molar-refractivity contribution in [3.05, 3.63) is 17.9 Å². The molecule has 1 N–H and O–H groups in total. The zero-order valence-corrected chi connectivity index (χ0v) is 14.0. The van der Waals surface area contributed by atoms with Gasteiger partial charge in [0.2, 0.25) is 5.09 Å². The minimum atomic E-state index is -3.54. The summed E-state index contributed by atoms with van der Waals surface area (Å²) in [6.07, 6.45) is 0. The van der Waals surface area contributed by atoms with E-state index in [1.807, 2.05) is 27.8 Å². The summed E-state index contributed by atoms with van der Waals surface area (Å²) in [7, 11) is -1.54. The number of hydrogen-bond donors (Lipinski definition) is 1. The van der Waals surface area contributed by atoms with Crippen molar-refractivity contribution in [1.82, 2.24) is 14.5 Å². The summed E-state index contributed by atoms with van der Waals surface area (Å²) in [5, 5.41) is 3.25. The highest BCUT2D eigenvalue weighted by molar-refractivity contribution is 7.89. The minimum Gasteiger partial charge on any atom is -0.447 e. The number of piperazine rings is 1. The molecule has 2 rings (SSSR count). The van der Waals surface area contributed by atoms with Crippen molar-refractivity contribution in [3.8, 4) is 0 Å². The van der Waals surface area contributed by atoms with Gasteiger partial charge in [-0.1, -0.05) is 13.8 Å². The molecule has 0 radical (unpaired) electrons. The maximum Gasteiger partial charge on any atom is 0.276 e. The molecule has 21 heavy (non-hydrogen) atoms. The number of nitrogens with one attached hydrogen (secondary N) is 1. The Morgan fingerprint density at radius 1 is 1.38 bits per heavy atom. The van der Waals surface area contributed by atoms with Crippen LogP contribution in [0, 0.1) is 0 Å². The first kappa shape index (κ1) is 16.5. The highest BCUT2D eigenvalue weighted by Crippen LogP contribution is 2.22. The Bertz CT molecular complexity index is 568.